The number of rotatable bonds is 4. The molecular weight excluding hydrogens is 208 g/mol. The van der Waals surface area contributed by atoms with Gasteiger partial charge < -0.3 is 5.32 Å². The van der Waals surface area contributed by atoms with Crippen molar-refractivity contribution in [3.8, 4) is 0 Å². The summed E-state index contributed by atoms with van der Waals surface area (Å²) in [5, 5.41) is 20.2. The third-order valence-corrected chi connectivity index (χ3v) is 2.17. The second-order valence-corrected chi connectivity index (χ2v) is 3.23. The number of H-pyrrole nitrogens is 1. The number of aromatic amines is 1. The summed E-state index contributed by atoms with van der Waals surface area (Å²) in [5.41, 5.74) is 1.57. The highest BCUT2D eigenvalue weighted by molar-refractivity contribution is 5.44. The zero-order valence-electron chi connectivity index (χ0n) is 8.38. The molecule has 0 bridgehead atoms. The number of para-hydroxylation sites is 1. The van der Waals surface area contributed by atoms with Crippen molar-refractivity contribution in [1.29, 1.82) is 0 Å². The Kier molecular flexibility index (Phi) is 2.81. The molecule has 1 aromatic heterocycles. The van der Waals surface area contributed by atoms with E-state index in [0.717, 1.165) is 5.69 Å². The van der Waals surface area contributed by atoms with E-state index in [9.17, 15) is 10.1 Å². The number of nitrogens with zero attached hydrogens (tertiary/aromatic N) is 2. The molecule has 0 spiro atoms. The zero-order valence-corrected chi connectivity index (χ0v) is 8.38. The molecule has 0 fully saturated rings. The van der Waals surface area contributed by atoms with E-state index < -0.39 is 0 Å². The van der Waals surface area contributed by atoms with E-state index in [1.165, 1.54) is 6.07 Å². The maximum absolute atomic E-state index is 10.7. The first-order valence-electron chi connectivity index (χ1n) is 4.72. The van der Waals surface area contributed by atoms with Crippen LogP contribution < -0.4 is 5.32 Å². The Hall–Kier alpha value is -2.37. The zero-order chi connectivity index (χ0) is 11.4. The predicted molar refractivity (Wildman–Crippen MR) is 59.0 cm³/mol. The van der Waals surface area contributed by atoms with Crippen molar-refractivity contribution in [3.05, 3.63) is 52.3 Å². The van der Waals surface area contributed by atoms with Crippen molar-refractivity contribution in [2.75, 3.05) is 5.32 Å². The third-order valence-electron chi connectivity index (χ3n) is 2.17. The first-order valence-corrected chi connectivity index (χ1v) is 4.72. The predicted octanol–water partition coefficient (Wildman–Crippen LogP) is 1.93. The molecule has 2 rings (SSSR count). The van der Waals surface area contributed by atoms with Crippen LogP contribution in [-0.4, -0.2) is 15.1 Å². The van der Waals surface area contributed by atoms with Gasteiger partial charge in [0, 0.05) is 24.4 Å². The summed E-state index contributed by atoms with van der Waals surface area (Å²) in [6, 6.07) is 6.65. The maximum atomic E-state index is 10.7. The molecule has 6 nitrogen and oxygen atoms in total. The topological polar surface area (TPSA) is 83.8 Å². The van der Waals surface area contributed by atoms with Crippen LogP contribution in [0.3, 0.4) is 0 Å². The van der Waals surface area contributed by atoms with Gasteiger partial charge in [0.1, 0.15) is 0 Å². The van der Waals surface area contributed by atoms with Gasteiger partial charge in [-0.3, -0.25) is 15.2 Å². The highest BCUT2D eigenvalue weighted by Gasteiger charge is 2.11. The Labute approximate surface area is 91.5 Å². The molecule has 0 atom stereocenters. The number of hydrogen-bond donors (Lipinski definition) is 2. The van der Waals surface area contributed by atoms with E-state index in [1.54, 1.807) is 30.6 Å². The van der Waals surface area contributed by atoms with Gasteiger partial charge in [-0.1, -0.05) is 18.2 Å². The van der Waals surface area contributed by atoms with Gasteiger partial charge >= 0.3 is 0 Å². The molecule has 16 heavy (non-hydrogen) atoms. The van der Waals surface area contributed by atoms with E-state index in [0.29, 0.717) is 12.1 Å². The Morgan fingerprint density at radius 3 is 2.94 bits per heavy atom. The summed E-state index contributed by atoms with van der Waals surface area (Å²) < 4.78 is 0. The quantitative estimate of drug-likeness (QED) is 0.606. The van der Waals surface area contributed by atoms with Gasteiger partial charge in [0.15, 0.2) is 0 Å². The molecule has 0 aliphatic rings. The molecule has 2 N–H and O–H groups in total. The minimum atomic E-state index is -0.383. The van der Waals surface area contributed by atoms with E-state index in [4.69, 9.17) is 0 Å². The number of anilines is 1. The molecule has 0 radical (unpaired) electrons. The van der Waals surface area contributed by atoms with Crippen LogP contribution in [0, 0.1) is 10.1 Å². The fourth-order valence-corrected chi connectivity index (χ4v) is 1.38. The van der Waals surface area contributed by atoms with Crippen molar-refractivity contribution in [2.45, 2.75) is 6.54 Å². The van der Waals surface area contributed by atoms with Crippen molar-refractivity contribution >= 4 is 11.4 Å². The van der Waals surface area contributed by atoms with Gasteiger partial charge in [-0.05, 0) is 0 Å². The fraction of sp³-hybridized carbons (Fsp3) is 0.100. The largest absolute Gasteiger partial charge is 0.378 e. The summed E-state index contributed by atoms with van der Waals surface area (Å²) in [4.78, 5) is 10.4. The molecular formula is C10H10N4O2. The summed E-state index contributed by atoms with van der Waals surface area (Å²) in [6.07, 6.45) is 3.31. The van der Waals surface area contributed by atoms with E-state index in [2.05, 4.69) is 15.5 Å². The Morgan fingerprint density at radius 1 is 1.44 bits per heavy atom. The van der Waals surface area contributed by atoms with Gasteiger partial charge in [0.25, 0.3) is 5.69 Å². The van der Waals surface area contributed by atoms with Gasteiger partial charge in [0.2, 0.25) is 0 Å². The van der Waals surface area contributed by atoms with Crippen molar-refractivity contribution in [1.82, 2.24) is 10.2 Å². The molecule has 0 aliphatic heterocycles. The lowest BCUT2D eigenvalue weighted by Crippen LogP contribution is -2.02. The third kappa shape index (κ3) is 2.17. The van der Waals surface area contributed by atoms with Crippen LogP contribution in [0.25, 0.3) is 0 Å². The Bertz CT molecular complexity index is 481. The van der Waals surface area contributed by atoms with Gasteiger partial charge in [-0.25, -0.2) is 0 Å². The number of nitro benzene ring substituents is 1. The minimum Gasteiger partial charge on any atom is -0.378 e. The standard InChI is InChI=1S/C10H10N4O2/c15-14(16)10-4-2-1-3-8(10)5-11-9-6-12-13-7-9/h1-4,6-7,11H,5H2,(H,12,13). The van der Waals surface area contributed by atoms with Crippen molar-refractivity contribution in [2.24, 2.45) is 0 Å². The Balaban J connectivity index is 2.12. The van der Waals surface area contributed by atoms with E-state index >= 15 is 0 Å². The molecule has 0 amide bonds. The highest BCUT2D eigenvalue weighted by Crippen LogP contribution is 2.18. The lowest BCUT2D eigenvalue weighted by Gasteiger charge is -2.03. The van der Waals surface area contributed by atoms with E-state index in [1.807, 2.05) is 0 Å². The average Bonchev–Trinajstić information content (AvgIpc) is 2.79. The molecule has 0 aliphatic carbocycles. The van der Waals surface area contributed by atoms with Gasteiger partial charge in [-0.15, -0.1) is 0 Å². The van der Waals surface area contributed by atoms with Crippen LogP contribution in [0.2, 0.25) is 0 Å². The van der Waals surface area contributed by atoms with Crippen LogP contribution in [0.4, 0.5) is 11.4 Å². The normalized spacial score (nSPS) is 10.0. The van der Waals surface area contributed by atoms with Crippen LogP contribution in [0.5, 0.6) is 0 Å². The second-order valence-electron chi connectivity index (χ2n) is 3.23. The summed E-state index contributed by atoms with van der Waals surface area (Å²) in [7, 11) is 0. The van der Waals surface area contributed by atoms with Crippen molar-refractivity contribution < 1.29 is 4.92 Å². The fourth-order valence-electron chi connectivity index (χ4n) is 1.38. The molecule has 2 aromatic rings. The summed E-state index contributed by atoms with van der Waals surface area (Å²) in [6.45, 7) is 0.399. The minimum absolute atomic E-state index is 0.124. The number of nitrogens with one attached hydrogen (secondary N) is 2. The average molecular weight is 218 g/mol. The molecule has 0 unspecified atom stereocenters. The number of hydrogen-bond acceptors (Lipinski definition) is 4. The maximum Gasteiger partial charge on any atom is 0.274 e. The van der Waals surface area contributed by atoms with Crippen molar-refractivity contribution in [3.63, 3.8) is 0 Å². The first-order chi connectivity index (χ1) is 7.77. The Morgan fingerprint density at radius 2 is 2.25 bits per heavy atom. The monoisotopic (exact) mass is 218 g/mol. The van der Waals surface area contributed by atoms with Gasteiger partial charge in [0.05, 0.1) is 16.8 Å². The number of benzene rings is 1. The molecule has 82 valence electrons. The number of nitro groups is 1. The highest BCUT2D eigenvalue weighted by atomic mass is 16.6. The smallest absolute Gasteiger partial charge is 0.274 e. The first kappa shape index (κ1) is 10.2. The number of aromatic nitrogens is 2. The van der Waals surface area contributed by atoms with Crippen LogP contribution in [-0.2, 0) is 6.54 Å². The lowest BCUT2D eigenvalue weighted by molar-refractivity contribution is -0.385. The van der Waals surface area contributed by atoms with Crippen LogP contribution in [0.15, 0.2) is 36.7 Å². The molecule has 0 saturated carbocycles. The SMILES string of the molecule is O=[N+]([O-])c1ccccc1CNc1cn[nH]c1. The summed E-state index contributed by atoms with van der Waals surface area (Å²) in [5.74, 6) is 0. The summed E-state index contributed by atoms with van der Waals surface area (Å²) >= 11 is 0. The van der Waals surface area contributed by atoms with Gasteiger partial charge in [-0.2, -0.15) is 5.10 Å². The second kappa shape index (κ2) is 4.43. The van der Waals surface area contributed by atoms with E-state index in [-0.39, 0.29) is 10.6 Å². The molecule has 1 aromatic carbocycles. The molecule has 1 heterocycles. The lowest BCUT2D eigenvalue weighted by atomic mass is 10.2. The molecule has 6 heteroatoms. The van der Waals surface area contributed by atoms with Crippen LogP contribution >= 0.6 is 0 Å². The van der Waals surface area contributed by atoms with Crippen LogP contribution in [0.1, 0.15) is 5.56 Å². The molecule has 0 saturated heterocycles.